The molecule has 0 bridgehead atoms. The van der Waals surface area contributed by atoms with Gasteiger partial charge in [-0.05, 0) is 62.4 Å². The predicted molar refractivity (Wildman–Crippen MR) is 106 cm³/mol. The van der Waals surface area contributed by atoms with E-state index in [0.29, 0.717) is 10.0 Å². The fourth-order valence-electron chi connectivity index (χ4n) is 1.88. The van der Waals surface area contributed by atoms with Gasteiger partial charge in [-0.2, -0.15) is 0 Å². The lowest BCUT2D eigenvalue weighted by molar-refractivity contribution is 0.0521. The SMILES string of the molecule is CCOC(=O)c1nc(-c2cccc(I)c2)sc1NC(=O)OC(C)(C)C. The van der Waals surface area contributed by atoms with Crippen molar-refractivity contribution < 1.29 is 19.1 Å². The number of aromatic nitrogens is 1. The summed E-state index contributed by atoms with van der Waals surface area (Å²) < 4.78 is 11.3. The maximum Gasteiger partial charge on any atom is 0.412 e. The molecular weight excluding hydrogens is 455 g/mol. The number of benzene rings is 1. The number of amides is 1. The molecule has 0 atom stereocenters. The number of nitrogens with one attached hydrogen (secondary N) is 1. The zero-order valence-electron chi connectivity index (χ0n) is 14.4. The first-order chi connectivity index (χ1) is 11.7. The number of anilines is 1. The van der Waals surface area contributed by atoms with Crippen LogP contribution in [0.5, 0.6) is 0 Å². The van der Waals surface area contributed by atoms with Gasteiger partial charge in [-0.15, -0.1) is 0 Å². The van der Waals surface area contributed by atoms with Gasteiger partial charge in [0.05, 0.1) is 6.61 Å². The lowest BCUT2D eigenvalue weighted by atomic mass is 10.2. The Hall–Kier alpha value is -1.68. The third-order valence-corrected chi connectivity index (χ3v) is 4.47. The molecule has 8 heteroatoms. The molecule has 1 N–H and O–H groups in total. The molecule has 0 radical (unpaired) electrons. The van der Waals surface area contributed by atoms with Crippen molar-refractivity contribution >= 4 is 51.0 Å². The van der Waals surface area contributed by atoms with Crippen molar-refractivity contribution in [3.63, 3.8) is 0 Å². The lowest BCUT2D eigenvalue weighted by Crippen LogP contribution is -2.27. The zero-order valence-corrected chi connectivity index (χ0v) is 17.4. The summed E-state index contributed by atoms with van der Waals surface area (Å²) >= 11 is 3.41. The summed E-state index contributed by atoms with van der Waals surface area (Å²) in [5.74, 6) is -0.582. The average molecular weight is 474 g/mol. The van der Waals surface area contributed by atoms with Crippen LogP contribution in [-0.4, -0.2) is 29.3 Å². The van der Waals surface area contributed by atoms with Gasteiger partial charge in [-0.3, -0.25) is 5.32 Å². The van der Waals surface area contributed by atoms with E-state index in [0.717, 1.165) is 9.13 Å². The minimum absolute atomic E-state index is 0.0755. The Bertz CT molecular complexity index is 783. The van der Waals surface area contributed by atoms with Gasteiger partial charge in [0.25, 0.3) is 0 Å². The summed E-state index contributed by atoms with van der Waals surface area (Å²) in [6, 6.07) is 7.71. The molecule has 0 saturated carbocycles. The highest BCUT2D eigenvalue weighted by molar-refractivity contribution is 14.1. The van der Waals surface area contributed by atoms with Crippen molar-refractivity contribution in [3.05, 3.63) is 33.5 Å². The maximum atomic E-state index is 12.2. The summed E-state index contributed by atoms with van der Waals surface area (Å²) in [6.45, 7) is 7.24. The van der Waals surface area contributed by atoms with E-state index >= 15 is 0 Å². The Labute approximate surface area is 164 Å². The molecular formula is C17H19IN2O4S. The molecule has 134 valence electrons. The van der Waals surface area contributed by atoms with E-state index in [-0.39, 0.29) is 12.3 Å². The molecule has 2 aromatic rings. The number of hydrogen-bond donors (Lipinski definition) is 1. The first-order valence-electron chi connectivity index (χ1n) is 7.63. The van der Waals surface area contributed by atoms with Crippen LogP contribution in [-0.2, 0) is 9.47 Å². The summed E-state index contributed by atoms with van der Waals surface area (Å²) in [4.78, 5) is 28.6. The predicted octanol–water partition coefficient (Wildman–Crippen LogP) is 4.94. The number of carbonyl (C=O) groups excluding carboxylic acids is 2. The number of halogens is 1. The molecule has 6 nitrogen and oxygen atoms in total. The number of nitrogens with zero attached hydrogens (tertiary/aromatic N) is 1. The van der Waals surface area contributed by atoms with E-state index in [1.54, 1.807) is 27.7 Å². The Morgan fingerprint density at radius 3 is 2.64 bits per heavy atom. The van der Waals surface area contributed by atoms with Crippen LogP contribution >= 0.6 is 33.9 Å². The van der Waals surface area contributed by atoms with Crippen LogP contribution in [0.4, 0.5) is 9.80 Å². The fourth-order valence-corrected chi connectivity index (χ4v) is 3.36. The molecule has 1 aromatic heterocycles. The second kappa shape index (κ2) is 8.13. The van der Waals surface area contributed by atoms with Gasteiger partial charge in [-0.1, -0.05) is 23.5 Å². The molecule has 0 spiro atoms. The third-order valence-electron chi connectivity index (χ3n) is 2.78. The molecule has 0 aliphatic rings. The first-order valence-corrected chi connectivity index (χ1v) is 9.53. The van der Waals surface area contributed by atoms with Crippen molar-refractivity contribution in [2.75, 3.05) is 11.9 Å². The van der Waals surface area contributed by atoms with E-state index in [1.165, 1.54) is 11.3 Å². The van der Waals surface area contributed by atoms with Gasteiger partial charge < -0.3 is 9.47 Å². The summed E-state index contributed by atoms with van der Waals surface area (Å²) in [6.07, 6.45) is -0.643. The van der Waals surface area contributed by atoms with Crippen molar-refractivity contribution in [1.29, 1.82) is 0 Å². The fraction of sp³-hybridized carbons (Fsp3) is 0.353. The monoisotopic (exact) mass is 474 g/mol. The van der Waals surface area contributed by atoms with Crippen LogP contribution in [0.2, 0.25) is 0 Å². The number of ether oxygens (including phenoxy) is 2. The number of rotatable bonds is 4. The molecule has 1 heterocycles. The maximum absolute atomic E-state index is 12.2. The lowest BCUT2D eigenvalue weighted by Gasteiger charge is -2.19. The summed E-state index contributed by atoms with van der Waals surface area (Å²) in [5.41, 5.74) is 0.295. The molecule has 0 unspecified atom stereocenters. The van der Waals surface area contributed by atoms with Crippen molar-refractivity contribution in [2.24, 2.45) is 0 Å². The number of thiazole rings is 1. The number of hydrogen-bond acceptors (Lipinski definition) is 6. The summed E-state index contributed by atoms with van der Waals surface area (Å²) in [5, 5.41) is 3.53. The molecule has 0 aliphatic carbocycles. The van der Waals surface area contributed by atoms with Crippen LogP contribution < -0.4 is 5.32 Å². The van der Waals surface area contributed by atoms with Crippen LogP contribution in [0.25, 0.3) is 10.6 Å². The Morgan fingerprint density at radius 2 is 2.04 bits per heavy atom. The van der Waals surface area contributed by atoms with Gasteiger partial charge in [0.1, 0.15) is 15.6 Å². The third kappa shape index (κ3) is 5.67. The molecule has 1 amide bonds. The molecule has 25 heavy (non-hydrogen) atoms. The minimum atomic E-state index is -0.643. The Morgan fingerprint density at radius 1 is 1.32 bits per heavy atom. The van der Waals surface area contributed by atoms with Crippen LogP contribution in [0.15, 0.2) is 24.3 Å². The van der Waals surface area contributed by atoms with Gasteiger partial charge in [0, 0.05) is 9.13 Å². The van der Waals surface area contributed by atoms with E-state index in [9.17, 15) is 9.59 Å². The standard InChI is InChI=1S/C17H19IN2O4S/c1-5-23-15(21)12-14(20-16(22)24-17(2,3)4)25-13(19-12)10-7-6-8-11(18)9-10/h6-9H,5H2,1-4H3,(H,20,22). The van der Waals surface area contributed by atoms with Gasteiger partial charge >= 0.3 is 12.1 Å². The van der Waals surface area contributed by atoms with E-state index in [2.05, 4.69) is 32.9 Å². The van der Waals surface area contributed by atoms with Crippen molar-refractivity contribution in [3.8, 4) is 10.6 Å². The highest BCUT2D eigenvalue weighted by Crippen LogP contribution is 2.33. The average Bonchev–Trinajstić information content (AvgIpc) is 2.89. The molecule has 1 aromatic carbocycles. The number of carbonyl (C=O) groups is 2. The van der Waals surface area contributed by atoms with Gasteiger partial charge in [0.15, 0.2) is 5.69 Å². The van der Waals surface area contributed by atoms with E-state index in [4.69, 9.17) is 9.47 Å². The molecule has 0 saturated heterocycles. The minimum Gasteiger partial charge on any atom is -0.461 e. The quantitative estimate of drug-likeness (QED) is 0.502. The normalized spacial score (nSPS) is 11.1. The second-order valence-electron chi connectivity index (χ2n) is 6.05. The van der Waals surface area contributed by atoms with Crippen LogP contribution in [0.1, 0.15) is 38.2 Å². The van der Waals surface area contributed by atoms with Crippen molar-refractivity contribution in [1.82, 2.24) is 4.98 Å². The smallest absolute Gasteiger partial charge is 0.412 e. The van der Waals surface area contributed by atoms with Gasteiger partial charge in [0.2, 0.25) is 0 Å². The van der Waals surface area contributed by atoms with E-state index < -0.39 is 17.7 Å². The van der Waals surface area contributed by atoms with Crippen molar-refractivity contribution in [2.45, 2.75) is 33.3 Å². The van der Waals surface area contributed by atoms with Crippen LogP contribution in [0.3, 0.4) is 0 Å². The second-order valence-corrected chi connectivity index (χ2v) is 8.30. The Balaban J connectivity index is 2.36. The topological polar surface area (TPSA) is 77.5 Å². The van der Waals surface area contributed by atoms with E-state index in [1.807, 2.05) is 24.3 Å². The first kappa shape index (κ1) is 19.6. The number of esters is 1. The highest BCUT2D eigenvalue weighted by atomic mass is 127. The van der Waals surface area contributed by atoms with Crippen LogP contribution in [0, 0.1) is 3.57 Å². The van der Waals surface area contributed by atoms with Gasteiger partial charge in [-0.25, -0.2) is 14.6 Å². The highest BCUT2D eigenvalue weighted by Gasteiger charge is 2.24. The zero-order chi connectivity index (χ0) is 18.6. The molecule has 2 rings (SSSR count). The largest absolute Gasteiger partial charge is 0.461 e. The molecule has 0 aliphatic heterocycles. The Kier molecular flexibility index (Phi) is 6.39. The molecule has 0 fully saturated rings. The summed E-state index contributed by atoms with van der Waals surface area (Å²) in [7, 11) is 0.